The number of rotatable bonds is 9. The fourth-order valence-corrected chi connectivity index (χ4v) is 4.83. The summed E-state index contributed by atoms with van der Waals surface area (Å²) in [7, 11) is 1.41. The van der Waals surface area contributed by atoms with Crippen LogP contribution in [0.5, 0.6) is 11.5 Å². The Balaban J connectivity index is 1.96. The molecule has 1 unspecified atom stereocenters. The van der Waals surface area contributed by atoms with Gasteiger partial charge in [0.25, 0.3) is 0 Å². The Kier molecular flexibility index (Phi) is 9.28. The second-order valence-corrected chi connectivity index (χ2v) is 9.49. The Labute approximate surface area is 224 Å². The van der Waals surface area contributed by atoms with Crippen LogP contribution in [0.1, 0.15) is 24.0 Å². The summed E-state index contributed by atoms with van der Waals surface area (Å²) in [6.45, 7) is 7.12. The third kappa shape index (κ3) is 6.47. The second-order valence-electron chi connectivity index (χ2n) is 8.07. The van der Waals surface area contributed by atoms with Gasteiger partial charge in [0.15, 0.2) is 11.5 Å². The molecule has 0 aliphatic carbocycles. The number of dihydropyridines is 1. The maximum Gasteiger partial charge on any atom is 0.337 e. The number of nitriles is 1. The van der Waals surface area contributed by atoms with Crippen LogP contribution in [-0.4, -0.2) is 36.5 Å². The van der Waals surface area contributed by atoms with E-state index in [2.05, 4.69) is 23.3 Å². The molecule has 2 aromatic rings. The lowest BCUT2D eigenvalue weighted by molar-refractivity contribution is -0.138. The number of anilines is 1. The van der Waals surface area contributed by atoms with E-state index in [1.54, 1.807) is 31.2 Å². The summed E-state index contributed by atoms with van der Waals surface area (Å²) in [6.07, 6.45) is 1.45. The highest BCUT2D eigenvalue weighted by molar-refractivity contribution is 8.03. The van der Waals surface area contributed by atoms with Gasteiger partial charge in [0.05, 0.1) is 41.0 Å². The van der Waals surface area contributed by atoms with Crippen LogP contribution in [-0.2, 0) is 14.3 Å². The SMILES string of the molecule is C=CCOC(=O)C1=C(C)NC(SCC(=O)Nc2cc(Cl)ccc2C)=C(C#N)C1c1ccc(O)c(OC)c1. The van der Waals surface area contributed by atoms with Gasteiger partial charge in [-0.2, -0.15) is 5.26 Å². The molecule has 192 valence electrons. The van der Waals surface area contributed by atoms with E-state index in [9.17, 15) is 20.0 Å². The monoisotopic (exact) mass is 539 g/mol. The van der Waals surface area contributed by atoms with Crippen LogP contribution in [0.15, 0.2) is 70.9 Å². The van der Waals surface area contributed by atoms with Gasteiger partial charge in [-0.25, -0.2) is 4.79 Å². The molecule has 1 atom stereocenters. The third-order valence-corrected chi connectivity index (χ3v) is 6.81. The largest absolute Gasteiger partial charge is 0.504 e. The Morgan fingerprint density at radius 2 is 2.05 bits per heavy atom. The van der Waals surface area contributed by atoms with Crippen molar-refractivity contribution in [2.75, 3.05) is 24.8 Å². The fourth-order valence-electron chi connectivity index (χ4n) is 3.77. The van der Waals surface area contributed by atoms with Crippen molar-refractivity contribution < 1.29 is 24.2 Å². The van der Waals surface area contributed by atoms with Crippen molar-refractivity contribution in [2.45, 2.75) is 19.8 Å². The van der Waals surface area contributed by atoms with Crippen LogP contribution in [0.4, 0.5) is 5.69 Å². The highest BCUT2D eigenvalue weighted by Gasteiger charge is 2.36. The van der Waals surface area contributed by atoms with E-state index >= 15 is 0 Å². The standard InChI is InChI=1S/C27H26ClN3O5S/c1-5-10-36-27(34)24-16(3)30-26(37-14-23(33)31-20-12-18(28)8-6-15(20)2)19(13-29)25(24)17-7-9-21(32)22(11-17)35-4/h5-9,11-12,25,30,32H,1,10,14H2,2-4H3,(H,31,33). The molecule has 0 saturated heterocycles. The number of nitrogens with one attached hydrogen (secondary N) is 2. The minimum Gasteiger partial charge on any atom is -0.504 e. The zero-order valence-corrected chi connectivity index (χ0v) is 22.1. The van der Waals surface area contributed by atoms with Crippen LogP contribution in [0.3, 0.4) is 0 Å². The first-order valence-electron chi connectivity index (χ1n) is 11.2. The Bertz CT molecular complexity index is 1350. The second kappa shape index (κ2) is 12.4. The molecule has 3 rings (SSSR count). The maximum atomic E-state index is 13.0. The molecule has 0 aromatic heterocycles. The van der Waals surface area contributed by atoms with Gasteiger partial charge in [0.1, 0.15) is 6.61 Å². The van der Waals surface area contributed by atoms with Gasteiger partial charge >= 0.3 is 5.97 Å². The quantitative estimate of drug-likeness (QED) is 0.295. The van der Waals surface area contributed by atoms with Gasteiger partial charge in [0.2, 0.25) is 5.91 Å². The van der Waals surface area contributed by atoms with E-state index in [1.165, 1.54) is 19.3 Å². The number of carbonyl (C=O) groups is 2. The van der Waals surface area contributed by atoms with Gasteiger partial charge in [-0.3, -0.25) is 4.79 Å². The van der Waals surface area contributed by atoms with Crippen LogP contribution in [0, 0.1) is 18.3 Å². The summed E-state index contributed by atoms with van der Waals surface area (Å²) in [5.41, 5.74) is 2.92. The number of aromatic hydroxyl groups is 1. The molecule has 37 heavy (non-hydrogen) atoms. The predicted octanol–water partition coefficient (Wildman–Crippen LogP) is 5.16. The topological polar surface area (TPSA) is 121 Å². The lowest BCUT2D eigenvalue weighted by Crippen LogP contribution is -2.29. The number of aryl methyl sites for hydroxylation is 1. The van der Waals surface area contributed by atoms with Crippen molar-refractivity contribution in [3.05, 3.63) is 87.1 Å². The summed E-state index contributed by atoms with van der Waals surface area (Å²) in [6, 6.07) is 12.0. The van der Waals surface area contributed by atoms with Crippen LogP contribution >= 0.6 is 23.4 Å². The Hall–Kier alpha value is -3.87. The van der Waals surface area contributed by atoms with Crippen molar-refractivity contribution in [2.24, 2.45) is 0 Å². The van der Waals surface area contributed by atoms with Crippen molar-refractivity contribution >= 4 is 40.9 Å². The van der Waals surface area contributed by atoms with Crippen molar-refractivity contribution in [3.8, 4) is 17.6 Å². The van der Waals surface area contributed by atoms with E-state index in [0.717, 1.165) is 17.3 Å². The van der Waals surface area contributed by atoms with Crippen molar-refractivity contribution in [3.63, 3.8) is 0 Å². The molecule has 0 fully saturated rings. The summed E-state index contributed by atoms with van der Waals surface area (Å²) in [4.78, 5) is 25.7. The Morgan fingerprint density at radius 1 is 1.30 bits per heavy atom. The molecule has 2 aromatic carbocycles. The lowest BCUT2D eigenvalue weighted by atomic mass is 9.82. The summed E-state index contributed by atoms with van der Waals surface area (Å²) >= 11 is 7.18. The molecule has 0 saturated carbocycles. The number of benzene rings is 2. The zero-order valence-electron chi connectivity index (χ0n) is 20.6. The fraction of sp³-hybridized carbons (Fsp3) is 0.222. The highest BCUT2D eigenvalue weighted by atomic mass is 35.5. The lowest BCUT2D eigenvalue weighted by Gasteiger charge is -2.29. The number of amides is 1. The van der Waals surface area contributed by atoms with E-state index < -0.39 is 11.9 Å². The molecular formula is C27H26ClN3O5S. The first kappa shape index (κ1) is 27.7. The van der Waals surface area contributed by atoms with Crippen LogP contribution in [0.25, 0.3) is 0 Å². The molecule has 0 radical (unpaired) electrons. The maximum absolute atomic E-state index is 13.0. The molecule has 1 heterocycles. The molecule has 1 aliphatic heterocycles. The van der Waals surface area contributed by atoms with E-state index in [1.807, 2.05) is 13.0 Å². The first-order chi connectivity index (χ1) is 17.7. The Morgan fingerprint density at radius 3 is 2.73 bits per heavy atom. The van der Waals surface area contributed by atoms with Crippen LogP contribution < -0.4 is 15.4 Å². The molecule has 0 spiro atoms. The number of thioether (sulfide) groups is 1. The van der Waals surface area contributed by atoms with E-state index in [4.69, 9.17) is 21.1 Å². The number of methoxy groups -OCH3 is 1. The molecule has 1 amide bonds. The smallest absolute Gasteiger partial charge is 0.337 e. The number of nitrogens with zero attached hydrogens (tertiary/aromatic N) is 1. The normalized spacial score (nSPS) is 14.9. The number of hydrogen-bond donors (Lipinski definition) is 3. The average molecular weight is 540 g/mol. The summed E-state index contributed by atoms with van der Waals surface area (Å²) in [5.74, 6) is -1.62. The summed E-state index contributed by atoms with van der Waals surface area (Å²) in [5, 5.41) is 27.1. The number of hydrogen-bond acceptors (Lipinski definition) is 8. The molecule has 8 nitrogen and oxygen atoms in total. The number of halogens is 1. The number of esters is 1. The first-order valence-corrected chi connectivity index (χ1v) is 12.5. The minimum absolute atomic E-state index is 0.00245. The number of carbonyl (C=O) groups excluding carboxylic acids is 2. The molecule has 3 N–H and O–H groups in total. The molecule has 0 bridgehead atoms. The van der Waals surface area contributed by atoms with E-state index in [-0.39, 0.29) is 40.9 Å². The van der Waals surface area contributed by atoms with Crippen molar-refractivity contribution in [1.29, 1.82) is 5.26 Å². The minimum atomic E-state index is -0.821. The predicted molar refractivity (Wildman–Crippen MR) is 144 cm³/mol. The molecule has 10 heteroatoms. The molecular weight excluding hydrogens is 514 g/mol. The van der Waals surface area contributed by atoms with E-state index in [0.29, 0.717) is 27.0 Å². The molecule has 1 aliphatic rings. The third-order valence-electron chi connectivity index (χ3n) is 5.56. The highest BCUT2D eigenvalue weighted by Crippen LogP contribution is 2.43. The number of phenols is 1. The van der Waals surface area contributed by atoms with Crippen molar-refractivity contribution in [1.82, 2.24) is 5.32 Å². The number of allylic oxidation sites excluding steroid dienone is 2. The number of phenolic OH excluding ortho intramolecular Hbond substituents is 1. The zero-order chi connectivity index (χ0) is 27.1. The number of ether oxygens (including phenoxy) is 2. The van der Waals surface area contributed by atoms with Gasteiger partial charge in [-0.05, 0) is 49.2 Å². The van der Waals surface area contributed by atoms with Gasteiger partial charge < -0.3 is 25.2 Å². The van der Waals surface area contributed by atoms with Crippen LogP contribution in [0.2, 0.25) is 5.02 Å². The average Bonchev–Trinajstić information content (AvgIpc) is 2.88. The van der Waals surface area contributed by atoms with Gasteiger partial charge in [-0.15, -0.1) is 0 Å². The summed E-state index contributed by atoms with van der Waals surface area (Å²) < 4.78 is 10.5. The van der Waals surface area contributed by atoms with Gasteiger partial charge in [-0.1, -0.05) is 48.2 Å². The van der Waals surface area contributed by atoms with Gasteiger partial charge in [0, 0.05) is 16.4 Å².